The Labute approximate surface area is 199 Å². The first-order chi connectivity index (χ1) is 15.7. The molecule has 0 aliphatic heterocycles. The zero-order valence-corrected chi connectivity index (χ0v) is 19.4. The van der Waals surface area contributed by atoms with E-state index in [2.05, 4.69) is 31.4 Å². The van der Waals surface area contributed by atoms with E-state index < -0.39 is 0 Å². The Morgan fingerprint density at radius 3 is 2.53 bits per heavy atom. The van der Waals surface area contributed by atoms with E-state index in [1.54, 1.807) is 0 Å². The van der Waals surface area contributed by atoms with Crippen LogP contribution in [0, 0.1) is 0 Å². The van der Waals surface area contributed by atoms with Crippen molar-refractivity contribution in [1.82, 2.24) is 14.4 Å². The number of hydrogen-bond acceptors (Lipinski definition) is 3. The molecule has 32 heavy (non-hydrogen) atoms. The van der Waals surface area contributed by atoms with Crippen LogP contribution in [0.15, 0.2) is 91.3 Å². The summed E-state index contributed by atoms with van der Waals surface area (Å²) >= 11 is 9.93. The van der Waals surface area contributed by atoms with Gasteiger partial charge in [0.25, 0.3) is 0 Å². The van der Waals surface area contributed by atoms with Crippen LogP contribution in [0.1, 0.15) is 0 Å². The van der Waals surface area contributed by atoms with Crippen LogP contribution in [0.25, 0.3) is 39.4 Å². The van der Waals surface area contributed by atoms with Crippen LogP contribution in [0.4, 0.5) is 0 Å². The van der Waals surface area contributed by atoms with Gasteiger partial charge in [-0.3, -0.25) is 9.38 Å². The number of rotatable bonds is 6. The lowest BCUT2D eigenvalue weighted by atomic mass is 10.0. The van der Waals surface area contributed by atoms with E-state index in [-0.39, 0.29) is 0 Å². The van der Waals surface area contributed by atoms with Crippen LogP contribution < -0.4 is 4.74 Å². The molecule has 2 aromatic carbocycles. The maximum atomic E-state index is 6.55. The molecule has 0 aliphatic rings. The Balaban J connectivity index is 1.62. The normalized spacial score (nSPS) is 11.1. The monoisotopic (exact) mass is 503 g/mol. The van der Waals surface area contributed by atoms with Crippen LogP contribution in [0.5, 0.6) is 5.75 Å². The van der Waals surface area contributed by atoms with Gasteiger partial charge in [0.15, 0.2) is 0 Å². The maximum absolute atomic E-state index is 6.55. The van der Waals surface area contributed by atoms with E-state index >= 15 is 0 Å². The van der Waals surface area contributed by atoms with Crippen molar-refractivity contribution in [2.75, 3.05) is 11.9 Å². The van der Waals surface area contributed by atoms with Crippen molar-refractivity contribution in [3.05, 3.63) is 96.3 Å². The average molecular weight is 505 g/mol. The van der Waals surface area contributed by atoms with Crippen LogP contribution >= 0.6 is 27.5 Å². The summed E-state index contributed by atoms with van der Waals surface area (Å²) in [5.41, 5.74) is 6.51. The third kappa shape index (κ3) is 4.01. The molecule has 0 amide bonds. The first-order valence-electron chi connectivity index (χ1n) is 10.2. The van der Waals surface area contributed by atoms with Gasteiger partial charge in [0.2, 0.25) is 0 Å². The first kappa shape index (κ1) is 20.7. The van der Waals surface area contributed by atoms with Gasteiger partial charge in [0.05, 0.1) is 28.7 Å². The van der Waals surface area contributed by atoms with E-state index in [0.29, 0.717) is 11.6 Å². The van der Waals surface area contributed by atoms with Gasteiger partial charge in [-0.15, -0.1) is 0 Å². The summed E-state index contributed by atoms with van der Waals surface area (Å²) in [6.45, 7) is 0.631. The SMILES string of the molecule is Clc1ccccc1-c1nc2ccccn2c1-c1ccnc(-c2ccc(OCCBr)cc2)c1. The molecule has 0 spiro atoms. The zero-order valence-electron chi connectivity index (χ0n) is 17.1. The third-order valence-corrected chi connectivity index (χ3v) is 5.84. The molecule has 3 aromatic heterocycles. The maximum Gasteiger partial charge on any atom is 0.137 e. The minimum absolute atomic E-state index is 0.631. The largest absolute Gasteiger partial charge is 0.493 e. The lowest BCUT2D eigenvalue weighted by molar-refractivity contribution is 0.345. The van der Waals surface area contributed by atoms with Gasteiger partial charge in [-0.05, 0) is 54.6 Å². The van der Waals surface area contributed by atoms with Crippen molar-refractivity contribution in [2.24, 2.45) is 0 Å². The minimum Gasteiger partial charge on any atom is -0.493 e. The highest BCUT2D eigenvalue weighted by atomic mass is 79.9. The quantitative estimate of drug-likeness (QED) is 0.230. The molecule has 5 aromatic rings. The lowest BCUT2D eigenvalue weighted by Crippen LogP contribution is -1.97. The van der Waals surface area contributed by atoms with Gasteiger partial charge >= 0.3 is 0 Å². The highest BCUT2D eigenvalue weighted by Crippen LogP contribution is 2.37. The summed E-state index contributed by atoms with van der Waals surface area (Å²) in [6.07, 6.45) is 3.85. The molecule has 6 heteroatoms. The second kappa shape index (κ2) is 9.15. The Kier molecular flexibility index (Phi) is 5.93. The Morgan fingerprint density at radius 2 is 1.72 bits per heavy atom. The summed E-state index contributed by atoms with van der Waals surface area (Å²) in [6, 6.07) is 25.9. The van der Waals surface area contributed by atoms with E-state index in [4.69, 9.17) is 21.3 Å². The van der Waals surface area contributed by atoms with Crippen molar-refractivity contribution in [1.29, 1.82) is 0 Å². The molecule has 0 bridgehead atoms. The van der Waals surface area contributed by atoms with E-state index in [1.165, 1.54) is 0 Å². The fraction of sp³-hybridized carbons (Fsp3) is 0.0769. The molecule has 0 fully saturated rings. The Hall–Kier alpha value is -3.15. The molecule has 5 rings (SSSR count). The minimum atomic E-state index is 0.631. The predicted molar refractivity (Wildman–Crippen MR) is 134 cm³/mol. The second-order valence-electron chi connectivity index (χ2n) is 7.21. The number of nitrogens with zero attached hydrogens (tertiary/aromatic N) is 3. The van der Waals surface area contributed by atoms with E-state index in [1.807, 2.05) is 85.2 Å². The van der Waals surface area contributed by atoms with Gasteiger partial charge in [0, 0.05) is 34.4 Å². The van der Waals surface area contributed by atoms with E-state index in [0.717, 1.165) is 50.5 Å². The summed E-state index contributed by atoms with van der Waals surface area (Å²) < 4.78 is 7.75. The predicted octanol–water partition coefficient (Wildman–Crippen LogP) is 7.16. The Bertz CT molecular complexity index is 1380. The number of ether oxygens (including phenoxy) is 1. The average Bonchev–Trinajstić information content (AvgIpc) is 3.23. The molecule has 0 aliphatic carbocycles. The molecule has 0 unspecified atom stereocenters. The van der Waals surface area contributed by atoms with Crippen molar-refractivity contribution >= 4 is 33.2 Å². The second-order valence-corrected chi connectivity index (χ2v) is 8.41. The van der Waals surface area contributed by atoms with Crippen molar-refractivity contribution in [2.45, 2.75) is 0 Å². The van der Waals surface area contributed by atoms with Crippen LogP contribution in [-0.4, -0.2) is 26.3 Å². The van der Waals surface area contributed by atoms with Gasteiger partial charge in [-0.1, -0.05) is 51.8 Å². The molecule has 3 heterocycles. The standard InChI is InChI=1S/C26H19BrClN3O/c27-13-16-32-20-10-8-18(9-11-20)23-17-19(12-14-29-23)26-25(21-5-1-2-6-22(21)28)30-24-7-3-4-15-31(24)26/h1-12,14-15,17H,13,16H2. The van der Waals surface area contributed by atoms with Gasteiger partial charge in [-0.2, -0.15) is 0 Å². The summed E-state index contributed by atoms with van der Waals surface area (Å²) in [5.74, 6) is 0.840. The fourth-order valence-electron chi connectivity index (χ4n) is 3.73. The summed E-state index contributed by atoms with van der Waals surface area (Å²) in [4.78, 5) is 9.51. The molecule has 0 saturated heterocycles. The molecular weight excluding hydrogens is 486 g/mol. The highest BCUT2D eigenvalue weighted by molar-refractivity contribution is 9.09. The Morgan fingerprint density at radius 1 is 0.906 bits per heavy atom. The highest BCUT2D eigenvalue weighted by Gasteiger charge is 2.18. The molecule has 0 radical (unpaired) electrons. The number of halogens is 2. The number of benzene rings is 2. The van der Waals surface area contributed by atoms with Crippen molar-refractivity contribution in [3.63, 3.8) is 0 Å². The number of alkyl halides is 1. The topological polar surface area (TPSA) is 39.4 Å². The van der Waals surface area contributed by atoms with E-state index in [9.17, 15) is 0 Å². The molecule has 0 atom stereocenters. The summed E-state index contributed by atoms with van der Waals surface area (Å²) in [7, 11) is 0. The van der Waals surface area contributed by atoms with Crippen LogP contribution in [0.2, 0.25) is 5.02 Å². The zero-order chi connectivity index (χ0) is 21.9. The lowest BCUT2D eigenvalue weighted by Gasteiger charge is -2.09. The van der Waals surface area contributed by atoms with Gasteiger partial charge < -0.3 is 4.74 Å². The number of aromatic nitrogens is 3. The number of fused-ring (bicyclic) bond motifs is 1. The third-order valence-electron chi connectivity index (χ3n) is 5.19. The van der Waals surface area contributed by atoms with Crippen molar-refractivity contribution in [3.8, 4) is 39.5 Å². The van der Waals surface area contributed by atoms with Gasteiger partial charge in [0.1, 0.15) is 11.4 Å². The fourth-order valence-corrected chi connectivity index (χ4v) is 4.11. The number of imidazole rings is 1. The smallest absolute Gasteiger partial charge is 0.137 e. The molecular formula is C26H19BrClN3O. The van der Waals surface area contributed by atoms with Crippen LogP contribution in [0.3, 0.4) is 0 Å². The summed E-state index contributed by atoms with van der Waals surface area (Å²) in [5, 5.41) is 1.47. The van der Waals surface area contributed by atoms with Crippen molar-refractivity contribution < 1.29 is 4.74 Å². The molecule has 0 saturated carbocycles. The molecule has 158 valence electrons. The molecule has 4 nitrogen and oxygen atoms in total. The van der Waals surface area contributed by atoms with Gasteiger partial charge in [-0.25, -0.2) is 4.98 Å². The van der Waals surface area contributed by atoms with Crippen LogP contribution in [-0.2, 0) is 0 Å². The number of pyridine rings is 2. The first-order valence-corrected chi connectivity index (χ1v) is 11.7. The molecule has 0 N–H and O–H groups in total. The number of hydrogen-bond donors (Lipinski definition) is 0.